The molecule has 0 radical (unpaired) electrons. The number of aromatic nitrogens is 2. The van der Waals surface area contributed by atoms with Crippen LogP contribution >= 0.6 is 11.3 Å². The molecule has 25 heavy (non-hydrogen) atoms. The molecule has 0 aliphatic heterocycles. The van der Waals surface area contributed by atoms with E-state index in [2.05, 4.69) is 15.3 Å². The number of fused-ring (bicyclic) bond motifs is 3. The molecule has 0 saturated carbocycles. The van der Waals surface area contributed by atoms with Crippen LogP contribution in [0.2, 0.25) is 0 Å². The fraction of sp³-hybridized carbons (Fsp3) is 0.176. The van der Waals surface area contributed by atoms with Gasteiger partial charge in [0.1, 0.15) is 17.0 Å². The summed E-state index contributed by atoms with van der Waals surface area (Å²) in [6.07, 6.45) is 4.55. The van der Waals surface area contributed by atoms with E-state index in [1.807, 2.05) is 0 Å². The fourth-order valence-corrected chi connectivity index (χ4v) is 4.34. The molecular weight excluding hydrogens is 342 g/mol. The number of nitrogens with one attached hydrogen (secondary N) is 1. The molecule has 7 nitrogen and oxygen atoms in total. The molecule has 3 aromatic rings. The number of rotatable bonds is 4. The summed E-state index contributed by atoms with van der Waals surface area (Å²) < 4.78 is 0. The Labute approximate surface area is 146 Å². The molecule has 0 spiro atoms. The molecule has 2 heterocycles. The van der Waals surface area contributed by atoms with Crippen LogP contribution in [0, 0.1) is 0 Å². The summed E-state index contributed by atoms with van der Waals surface area (Å²) >= 11 is 1.65. The van der Waals surface area contributed by atoms with Crippen LogP contribution in [0.5, 0.6) is 0 Å². The van der Waals surface area contributed by atoms with Gasteiger partial charge < -0.3 is 15.5 Å². The Hall–Kier alpha value is -3.00. The third kappa shape index (κ3) is 2.70. The maximum absolute atomic E-state index is 11.3. The Morgan fingerprint density at radius 2 is 1.76 bits per heavy atom. The van der Waals surface area contributed by atoms with E-state index < -0.39 is 11.9 Å². The molecule has 8 heteroatoms. The van der Waals surface area contributed by atoms with Gasteiger partial charge in [0.25, 0.3) is 0 Å². The van der Waals surface area contributed by atoms with Crippen molar-refractivity contribution in [2.24, 2.45) is 0 Å². The number of nitrogens with zero attached hydrogens (tertiary/aromatic N) is 2. The molecule has 2 aromatic heterocycles. The number of carboxylic acids is 2. The molecule has 0 atom stereocenters. The number of carboxylic acid groups (broad SMARTS) is 2. The molecule has 3 N–H and O–H groups in total. The summed E-state index contributed by atoms with van der Waals surface area (Å²) in [6, 6.07) is 3.93. The molecule has 0 saturated heterocycles. The molecule has 0 amide bonds. The van der Waals surface area contributed by atoms with E-state index in [-0.39, 0.29) is 11.1 Å². The minimum absolute atomic E-state index is 0.0942. The highest BCUT2D eigenvalue weighted by molar-refractivity contribution is 7.19. The number of hydrogen-bond donors (Lipinski definition) is 3. The molecule has 0 bridgehead atoms. The highest BCUT2D eigenvalue weighted by Crippen LogP contribution is 2.39. The molecular formula is C17H13N3O4S. The predicted molar refractivity (Wildman–Crippen MR) is 93.1 cm³/mol. The number of aromatic carboxylic acids is 2. The average molecular weight is 355 g/mol. The molecule has 0 fully saturated rings. The lowest BCUT2D eigenvalue weighted by atomic mass is 10.1. The van der Waals surface area contributed by atoms with E-state index in [4.69, 9.17) is 0 Å². The summed E-state index contributed by atoms with van der Waals surface area (Å²) in [6.45, 7) is 0. The first-order valence-corrected chi connectivity index (χ1v) is 8.48. The van der Waals surface area contributed by atoms with Gasteiger partial charge in [-0.1, -0.05) is 0 Å². The molecule has 1 aromatic carbocycles. The van der Waals surface area contributed by atoms with Crippen LogP contribution in [0.1, 0.15) is 37.6 Å². The predicted octanol–water partition coefficient (Wildman–Crippen LogP) is 3.32. The zero-order valence-corrected chi connectivity index (χ0v) is 13.8. The van der Waals surface area contributed by atoms with Gasteiger partial charge in [-0.2, -0.15) is 0 Å². The summed E-state index contributed by atoms with van der Waals surface area (Å²) in [4.78, 5) is 33.3. The second kappa shape index (κ2) is 5.82. The van der Waals surface area contributed by atoms with Crippen LogP contribution in [0.4, 0.5) is 11.5 Å². The molecule has 1 aliphatic rings. The van der Waals surface area contributed by atoms with Gasteiger partial charge in [-0.3, -0.25) is 0 Å². The number of benzene rings is 1. The van der Waals surface area contributed by atoms with Crippen LogP contribution in [-0.2, 0) is 12.8 Å². The van der Waals surface area contributed by atoms with E-state index in [0.29, 0.717) is 11.5 Å². The zero-order valence-electron chi connectivity index (χ0n) is 12.9. The van der Waals surface area contributed by atoms with E-state index in [1.165, 1.54) is 28.9 Å². The molecule has 126 valence electrons. The SMILES string of the molecule is O=C(O)c1cc(Nc2ncnc3sc4c(c23)CCC4)cc(C(=O)O)c1. The summed E-state index contributed by atoms with van der Waals surface area (Å²) in [7, 11) is 0. The number of hydrogen-bond acceptors (Lipinski definition) is 6. The minimum atomic E-state index is -1.18. The highest BCUT2D eigenvalue weighted by Gasteiger charge is 2.21. The number of aryl methyl sites for hydroxylation is 2. The lowest BCUT2D eigenvalue weighted by molar-refractivity contribution is 0.0696. The Morgan fingerprint density at radius 1 is 1.04 bits per heavy atom. The Balaban J connectivity index is 1.82. The minimum Gasteiger partial charge on any atom is -0.478 e. The molecule has 1 aliphatic carbocycles. The monoisotopic (exact) mass is 355 g/mol. The van der Waals surface area contributed by atoms with Crippen molar-refractivity contribution in [3.05, 3.63) is 46.1 Å². The van der Waals surface area contributed by atoms with Crippen molar-refractivity contribution in [3.8, 4) is 0 Å². The second-order valence-corrected chi connectivity index (χ2v) is 6.88. The van der Waals surface area contributed by atoms with Crippen molar-refractivity contribution < 1.29 is 19.8 Å². The Kier molecular flexibility index (Phi) is 3.61. The van der Waals surface area contributed by atoms with Crippen LogP contribution < -0.4 is 5.32 Å². The lowest BCUT2D eigenvalue weighted by Gasteiger charge is -2.10. The van der Waals surface area contributed by atoms with E-state index >= 15 is 0 Å². The van der Waals surface area contributed by atoms with Gasteiger partial charge >= 0.3 is 11.9 Å². The number of thiophene rings is 1. The van der Waals surface area contributed by atoms with Crippen molar-refractivity contribution >= 4 is 45.0 Å². The number of anilines is 2. The van der Waals surface area contributed by atoms with Gasteiger partial charge in [0.15, 0.2) is 0 Å². The Morgan fingerprint density at radius 3 is 2.44 bits per heavy atom. The lowest BCUT2D eigenvalue weighted by Crippen LogP contribution is -2.05. The fourth-order valence-electron chi connectivity index (χ4n) is 3.11. The van der Waals surface area contributed by atoms with Crippen LogP contribution in [-0.4, -0.2) is 32.1 Å². The Bertz CT molecular complexity index is 996. The normalized spacial score (nSPS) is 13.0. The van der Waals surface area contributed by atoms with Crippen LogP contribution in [0.3, 0.4) is 0 Å². The van der Waals surface area contributed by atoms with Crippen molar-refractivity contribution in [1.29, 1.82) is 0 Å². The van der Waals surface area contributed by atoms with Crippen molar-refractivity contribution in [3.63, 3.8) is 0 Å². The maximum atomic E-state index is 11.3. The van der Waals surface area contributed by atoms with Crippen LogP contribution in [0.25, 0.3) is 10.2 Å². The van der Waals surface area contributed by atoms with Crippen molar-refractivity contribution in [1.82, 2.24) is 9.97 Å². The van der Waals surface area contributed by atoms with E-state index in [0.717, 1.165) is 35.5 Å². The van der Waals surface area contributed by atoms with Crippen LogP contribution in [0.15, 0.2) is 24.5 Å². The molecule has 4 rings (SSSR count). The van der Waals surface area contributed by atoms with Gasteiger partial charge in [0, 0.05) is 10.6 Å². The largest absolute Gasteiger partial charge is 0.478 e. The summed E-state index contributed by atoms with van der Waals surface area (Å²) in [5.74, 6) is -1.80. The van der Waals surface area contributed by atoms with Gasteiger partial charge in [0.05, 0.1) is 16.5 Å². The smallest absolute Gasteiger partial charge is 0.335 e. The summed E-state index contributed by atoms with van der Waals surface area (Å²) in [5.41, 5.74) is 1.41. The van der Waals surface area contributed by atoms with Gasteiger partial charge in [0.2, 0.25) is 0 Å². The first-order chi connectivity index (χ1) is 12.0. The van der Waals surface area contributed by atoms with E-state index in [1.54, 1.807) is 11.3 Å². The highest BCUT2D eigenvalue weighted by atomic mass is 32.1. The second-order valence-electron chi connectivity index (χ2n) is 5.79. The quantitative estimate of drug-likeness (QED) is 0.658. The maximum Gasteiger partial charge on any atom is 0.335 e. The zero-order chi connectivity index (χ0) is 17.6. The van der Waals surface area contributed by atoms with Gasteiger partial charge in [-0.15, -0.1) is 11.3 Å². The third-order valence-electron chi connectivity index (χ3n) is 4.19. The average Bonchev–Trinajstić information content (AvgIpc) is 3.15. The third-order valence-corrected chi connectivity index (χ3v) is 5.39. The van der Waals surface area contributed by atoms with Crippen molar-refractivity contribution in [2.45, 2.75) is 19.3 Å². The topological polar surface area (TPSA) is 112 Å². The summed E-state index contributed by atoms with van der Waals surface area (Å²) in [5, 5.41) is 22.4. The first-order valence-electron chi connectivity index (χ1n) is 7.67. The molecule has 0 unspecified atom stereocenters. The van der Waals surface area contributed by atoms with E-state index in [9.17, 15) is 19.8 Å². The van der Waals surface area contributed by atoms with Gasteiger partial charge in [-0.25, -0.2) is 19.6 Å². The standard InChI is InChI=1S/C17H13N3O4S/c21-16(22)8-4-9(17(23)24)6-10(5-8)20-14-13-11-2-1-3-12(11)25-15(13)19-7-18-14/h4-7H,1-3H2,(H,21,22)(H,23,24)(H,18,19,20). The number of carbonyl (C=O) groups is 2. The van der Waals surface area contributed by atoms with Crippen molar-refractivity contribution in [2.75, 3.05) is 5.32 Å². The van der Waals surface area contributed by atoms with Gasteiger partial charge in [-0.05, 0) is 43.0 Å². The first kappa shape index (κ1) is 15.5.